The maximum Gasteiger partial charge on any atom is 0.410 e. The van der Waals surface area contributed by atoms with Crippen LogP contribution in [-0.4, -0.2) is 40.8 Å². The number of ether oxygens (including phenoxy) is 2. The van der Waals surface area contributed by atoms with Crippen molar-refractivity contribution in [2.45, 2.75) is 45.3 Å². The second-order valence-corrected chi connectivity index (χ2v) is 7.26. The molecule has 0 N–H and O–H groups in total. The number of fused-ring (bicyclic) bond motifs is 1. The minimum atomic E-state index is -0.496. The highest BCUT2D eigenvalue weighted by atomic mass is 19.1. The van der Waals surface area contributed by atoms with Crippen molar-refractivity contribution in [1.29, 1.82) is 0 Å². The summed E-state index contributed by atoms with van der Waals surface area (Å²) >= 11 is 0. The van der Waals surface area contributed by atoms with Crippen LogP contribution in [-0.2, 0) is 4.74 Å². The zero-order valence-corrected chi connectivity index (χ0v) is 14.8. The maximum atomic E-state index is 13.5. The number of hydrogen-bond acceptors (Lipinski definition) is 4. The Balaban J connectivity index is 1.63. The molecule has 0 radical (unpaired) electrons. The number of nitrogens with zero attached hydrogens (tertiary/aromatic N) is 2. The van der Waals surface area contributed by atoms with Crippen molar-refractivity contribution in [2.24, 2.45) is 0 Å². The fourth-order valence-corrected chi connectivity index (χ4v) is 2.86. The van der Waals surface area contributed by atoms with Gasteiger partial charge in [0.1, 0.15) is 23.3 Å². The van der Waals surface area contributed by atoms with Crippen LogP contribution in [0, 0.1) is 5.82 Å². The molecule has 0 aliphatic carbocycles. The molecule has 0 spiro atoms. The molecule has 0 atom stereocenters. The fraction of sp³-hybridized carbons (Fsp3) is 0.474. The van der Waals surface area contributed by atoms with Gasteiger partial charge in [0, 0.05) is 37.5 Å². The first kappa shape index (κ1) is 17.5. The number of aromatic nitrogens is 1. The largest absolute Gasteiger partial charge is 0.490 e. The lowest BCUT2D eigenvalue weighted by molar-refractivity contribution is 0.0128. The molecule has 134 valence electrons. The van der Waals surface area contributed by atoms with Crippen LogP contribution in [0.1, 0.15) is 33.6 Å². The molecule has 1 aliphatic rings. The standard InChI is InChI=1S/C19H23FN2O3/c1-19(2,3)25-18(23)22-10-7-14(8-11-22)24-17-6-9-21-16-5-4-13(20)12-15(16)17/h4-6,9,12,14H,7-8,10-11H2,1-3H3. The zero-order chi connectivity index (χ0) is 18.0. The summed E-state index contributed by atoms with van der Waals surface area (Å²) in [5.41, 5.74) is 0.204. The first-order valence-electron chi connectivity index (χ1n) is 8.51. The van der Waals surface area contributed by atoms with E-state index in [4.69, 9.17) is 9.47 Å². The number of hydrogen-bond donors (Lipinski definition) is 0. The van der Waals surface area contributed by atoms with Crippen LogP contribution in [0.3, 0.4) is 0 Å². The molecule has 1 saturated heterocycles. The van der Waals surface area contributed by atoms with Gasteiger partial charge < -0.3 is 14.4 Å². The lowest BCUT2D eigenvalue weighted by Crippen LogP contribution is -2.44. The number of carbonyl (C=O) groups is 1. The fourth-order valence-electron chi connectivity index (χ4n) is 2.86. The topological polar surface area (TPSA) is 51.7 Å². The molecule has 2 heterocycles. The molecule has 5 nitrogen and oxygen atoms in total. The van der Waals surface area contributed by atoms with Crippen molar-refractivity contribution in [3.63, 3.8) is 0 Å². The van der Waals surface area contributed by atoms with Crippen molar-refractivity contribution in [3.05, 3.63) is 36.3 Å². The Morgan fingerprint density at radius 2 is 1.96 bits per heavy atom. The third-order valence-corrected chi connectivity index (χ3v) is 4.05. The van der Waals surface area contributed by atoms with E-state index in [-0.39, 0.29) is 18.0 Å². The van der Waals surface area contributed by atoms with E-state index >= 15 is 0 Å². The summed E-state index contributed by atoms with van der Waals surface area (Å²) < 4.78 is 25.0. The highest BCUT2D eigenvalue weighted by Gasteiger charge is 2.27. The molecule has 1 aromatic carbocycles. The smallest absolute Gasteiger partial charge is 0.410 e. The van der Waals surface area contributed by atoms with Crippen molar-refractivity contribution < 1.29 is 18.7 Å². The highest BCUT2D eigenvalue weighted by Crippen LogP contribution is 2.27. The number of rotatable bonds is 2. The molecule has 0 bridgehead atoms. The van der Waals surface area contributed by atoms with Gasteiger partial charge >= 0.3 is 6.09 Å². The summed E-state index contributed by atoms with van der Waals surface area (Å²) in [6.07, 6.45) is 2.76. The lowest BCUT2D eigenvalue weighted by Gasteiger charge is -2.33. The predicted molar refractivity (Wildman–Crippen MR) is 93.2 cm³/mol. The van der Waals surface area contributed by atoms with Crippen LogP contribution in [0.15, 0.2) is 30.5 Å². The van der Waals surface area contributed by atoms with Gasteiger partial charge in [-0.05, 0) is 45.0 Å². The third kappa shape index (κ3) is 4.38. The molecular weight excluding hydrogens is 323 g/mol. The Morgan fingerprint density at radius 3 is 2.64 bits per heavy atom. The number of pyridine rings is 1. The minimum Gasteiger partial charge on any atom is -0.490 e. The summed E-state index contributed by atoms with van der Waals surface area (Å²) in [6.45, 7) is 6.73. The third-order valence-electron chi connectivity index (χ3n) is 4.05. The average molecular weight is 346 g/mol. The highest BCUT2D eigenvalue weighted by molar-refractivity contribution is 5.84. The Labute approximate surface area is 146 Å². The van der Waals surface area contributed by atoms with Gasteiger partial charge in [-0.25, -0.2) is 9.18 Å². The molecule has 1 fully saturated rings. The van der Waals surface area contributed by atoms with Crippen LogP contribution >= 0.6 is 0 Å². The molecule has 1 aliphatic heterocycles. The maximum absolute atomic E-state index is 13.5. The molecule has 1 amide bonds. The van der Waals surface area contributed by atoms with E-state index in [9.17, 15) is 9.18 Å². The van der Waals surface area contributed by atoms with Crippen LogP contribution in [0.25, 0.3) is 10.9 Å². The Bertz CT molecular complexity index is 765. The van der Waals surface area contributed by atoms with E-state index in [0.717, 1.165) is 0 Å². The van der Waals surface area contributed by atoms with Crippen LogP contribution in [0.5, 0.6) is 5.75 Å². The van der Waals surface area contributed by atoms with Crippen LogP contribution in [0.4, 0.5) is 9.18 Å². The lowest BCUT2D eigenvalue weighted by atomic mass is 10.1. The van der Waals surface area contributed by atoms with Crippen molar-refractivity contribution in [3.8, 4) is 5.75 Å². The van der Waals surface area contributed by atoms with Gasteiger partial charge in [-0.2, -0.15) is 0 Å². The molecular formula is C19H23FN2O3. The summed E-state index contributed by atoms with van der Waals surface area (Å²) in [6, 6.07) is 6.22. The van der Waals surface area contributed by atoms with Crippen molar-refractivity contribution >= 4 is 17.0 Å². The number of halogens is 1. The molecule has 0 saturated carbocycles. The van der Waals surface area contributed by atoms with Crippen molar-refractivity contribution in [2.75, 3.05) is 13.1 Å². The van der Waals surface area contributed by atoms with Crippen LogP contribution in [0.2, 0.25) is 0 Å². The number of likely N-dealkylation sites (tertiary alicyclic amines) is 1. The number of benzene rings is 1. The Morgan fingerprint density at radius 1 is 1.24 bits per heavy atom. The van der Waals surface area contributed by atoms with E-state index in [1.165, 1.54) is 12.1 Å². The summed E-state index contributed by atoms with van der Waals surface area (Å²) in [4.78, 5) is 18.0. The first-order chi connectivity index (χ1) is 11.8. The molecule has 25 heavy (non-hydrogen) atoms. The van der Waals surface area contributed by atoms with E-state index in [1.54, 1.807) is 23.2 Å². The number of piperidine rings is 1. The summed E-state index contributed by atoms with van der Waals surface area (Å²) in [5.74, 6) is 0.310. The minimum absolute atomic E-state index is 0.0208. The molecule has 1 aromatic heterocycles. The van der Waals surface area contributed by atoms with E-state index in [2.05, 4.69) is 4.98 Å². The summed E-state index contributed by atoms with van der Waals surface area (Å²) in [5, 5.41) is 0.664. The van der Waals surface area contributed by atoms with Gasteiger partial charge in [-0.3, -0.25) is 4.98 Å². The Hall–Kier alpha value is -2.37. The zero-order valence-electron chi connectivity index (χ0n) is 14.8. The molecule has 3 rings (SSSR count). The number of amides is 1. The van der Waals surface area contributed by atoms with Gasteiger partial charge in [0.15, 0.2) is 0 Å². The van der Waals surface area contributed by atoms with E-state index in [0.29, 0.717) is 42.6 Å². The van der Waals surface area contributed by atoms with Gasteiger partial charge in [0.2, 0.25) is 0 Å². The predicted octanol–water partition coefficient (Wildman–Crippen LogP) is 4.15. The molecule has 0 unspecified atom stereocenters. The van der Waals surface area contributed by atoms with Gasteiger partial charge in [0.05, 0.1) is 5.52 Å². The Kier molecular flexibility index (Phi) is 4.79. The van der Waals surface area contributed by atoms with Gasteiger partial charge in [-0.1, -0.05) is 0 Å². The van der Waals surface area contributed by atoms with Gasteiger partial charge in [0.25, 0.3) is 0 Å². The monoisotopic (exact) mass is 346 g/mol. The summed E-state index contributed by atoms with van der Waals surface area (Å²) in [7, 11) is 0. The van der Waals surface area contributed by atoms with E-state index < -0.39 is 5.60 Å². The second-order valence-electron chi connectivity index (χ2n) is 7.26. The van der Waals surface area contributed by atoms with Crippen LogP contribution < -0.4 is 4.74 Å². The quantitative estimate of drug-likeness (QED) is 0.820. The SMILES string of the molecule is CC(C)(C)OC(=O)N1CCC(Oc2ccnc3ccc(F)cc23)CC1. The molecule has 6 heteroatoms. The first-order valence-corrected chi connectivity index (χ1v) is 8.51. The normalized spacial score (nSPS) is 16.1. The van der Waals surface area contributed by atoms with Gasteiger partial charge in [-0.15, -0.1) is 0 Å². The van der Waals surface area contributed by atoms with E-state index in [1.807, 2.05) is 20.8 Å². The molecule has 2 aromatic rings. The second kappa shape index (κ2) is 6.86. The number of carbonyl (C=O) groups excluding carboxylic acids is 1. The van der Waals surface area contributed by atoms with Crippen molar-refractivity contribution in [1.82, 2.24) is 9.88 Å². The average Bonchev–Trinajstić information content (AvgIpc) is 2.54.